The van der Waals surface area contributed by atoms with Gasteiger partial charge in [-0.05, 0) is 27.7 Å². The monoisotopic (exact) mass is 292 g/mol. The van der Waals surface area contributed by atoms with Crippen molar-refractivity contribution in [2.45, 2.75) is 9.50 Å². The number of halogens is 1. The molecule has 0 aliphatic carbocycles. The normalized spacial score (nSPS) is 10.7. The van der Waals surface area contributed by atoms with Gasteiger partial charge in [-0.25, -0.2) is 4.68 Å². The van der Waals surface area contributed by atoms with Gasteiger partial charge in [0, 0.05) is 7.05 Å². The van der Waals surface area contributed by atoms with Crippen molar-refractivity contribution in [3.8, 4) is 0 Å². The van der Waals surface area contributed by atoms with E-state index < -0.39 is 0 Å². The van der Waals surface area contributed by atoms with Crippen LogP contribution in [0.2, 0.25) is 0 Å². The lowest BCUT2D eigenvalue weighted by atomic mass is 11.2. The number of nitrogens with zero attached hydrogens (tertiary/aromatic N) is 5. The predicted molar refractivity (Wildman–Crippen MR) is 57.1 cm³/mol. The summed E-state index contributed by atoms with van der Waals surface area (Å²) < 4.78 is 2.97. The Labute approximate surface area is 96.1 Å². The molecule has 0 aliphatic rings. The minimum atomic E-state index is 0.453. The van der Waals surface area contributed by atoms with Crippen LogP contribution in [0.5, 0.6) is 0 Å². The largest absolute Gasteiger partial charge is 0.374 e. The van der Waals surface area contributed by atoms with Gasteiger partial charge in [-0.2, -0.15) is 4.98 Å². The van der Waals surface area contributed by atoms with Crippen LogP contribution in [0.15, 0.2) is 14.2 Å². The molecule has 0 fully saturated rings. The molecule has 9 heteroatoms. The maximum Gasteiger partial charge on any atom is 0.218 e. The van der Waals surface area contributed by atoms with E-state index in [1.807, 2.05) is 7.05 Å². The fraction of sp³-hybridized carbons (Fsp3) is 0.200. The van der Waals surface area contributed by atoms with Crippen LogP contribution in [0.25, 0.3) is 0 Å². The van der Waals surface area contributed by atoms with Crippen molar-refractivity contribution < 1.29 is 0 Å². The van der Waals surface area contributed by atoms with Crippen LogP contribution >= 0.6 is 39.0 Å². The van der Waals surface area contributed by atoms with Crippen molar-refractivity contribution in [1.82, 2.24) is 25.0 Å². The summed E-state index contributed by atoms with van der Waals surface area (Å²) in [6.45, 7) is 0. The van der Waals surface area contributed by atoms with Gasteiger partial charge in [0.25, 0.3) is 0 Å². The fourth-order valence-electron chi connectivity index (χ4n) is 0.769. The molecule has 0 unspecified atom stereocenters. The van der Waals surface area contributed by atoms with Gasteiger partial charge in [-0.1, -0.05) is 11.3 Å². The molecule has 0 saturated carbocycles. The lowest BCUT2D eigenvalue weighted by Crippen LogP contribution is -1.92. The summed E-state index contributed by atoms with van der Waals surface area (Å²) in [6, 6.07) is 0. The van der Waals surface area contributed by atoms with Crippen LogP contribution < -0.4 is 5.73 Å². The Balaban J connectivity index is 2.22. The molecule has 14 heavy (non-hydrogen) atoms. The van der Waals surface area contributed by atoms with Gasteiger partial charge in [0.05, 0.1) is 0 Å². The third-order valence-corrected chi connectivity index (χ3v) is 3.48. The van der Waals surface area contributed by atoms with Crippen molar-refractivity contribution in [1.29, 1.82) is 0 Å². The highest BCUT2D eigenvalue weighted by Crippen LogP contribution is 2.29. The number of nitrogen functional groups attached to an aromatic ring is 1. The molecule has 0 spiro atoms. The Hall–Kier alpha value is -0.670. The molecule has 2 aromatic heterocycles. The van der Waals surface area contributed by atoms with Crippen molar-refractivity contribution in [3.05, 3.63) is 4.73 Å². The molecule has 0 aliphatic heterocycles. The van der Waals surface area contributed by atoms with Crippen LogP contribution in [-0.4, -0.2) is 25.0 Å². The maximum absolute atomic E-state index is 5.45. The number of aromatic nitrogens is 5. The first-order chi connectivity index (χ1) is 6.65. The van der Waals surface area contributed by atoms with E-state index in [0.29, 0.717) is 9.87 Å². The molecule has 2 heterocycles. The number of rotatable bonds is 2. The van der Waals surface area contributed by atoms with Crippen molar-refractivity contribution in [2.75, 3.05) is 5.73 Å². The lowest BCUT2D eigenvalue weighted by Gasteiger charge is -1.93. The number of hydrogen-bond donors (Lipinski definition) is 1. The SMILES string of the molecule is Cn1nc(Br)nc1Sc1nnc(N)s1. The highest BCUT2D eigenvalue weighted by atomic mass is 79.9. The van der Waals surface area contributed by atoms with Crippen molar-refractivity contribution in [3.63, 3.8) is 0 Å². The average Bonchev–Trinajstić information content (AvgIpc) is 2.61. The van der Waals surface area contributed by atoms with E-state index in [2.05, 4.69) is 36.2 Å². The van der Waals surface area contributed by atoms with E-state index in [1.165, 1.54) is 23.1 Å². The lowest BCUT2D eigenvalue weighted by molar-refractivity contribution is 0.683. The average molecular weight is 293 g/mol. The quantitative estimate of drug-likeness (QED) is 0.894. The van der Waals surface area contributed by atoms with Crippen LogP contribution in [0.1, 0.15) is 0 Å². The molecule has 0 amide bonds. The first-order valence-electron chi connectivity index (χ1n) is 3.48. The van der Waals surface area contributed by atoms with E-state index in [9.17, 15) is 0 Å². The summed E-state index contributed by atoms with van der Waals surface area (Å²) in [5.74, 6) is 0. The highest BCUT2D eigenvalue weighted by Gasteiger charge is 2.10. The Morgan fingerprint density at radius 3 is 2.79 bits per heavy atom. The van der Waals surface area contributed by atoms with E-state index in [-0.39, 0.29) is 0 Å². The Bertz CT molecular complexity index is 451. The standard InChI is InChI=1S/C5H5BrN6S2/c1-12-4(8-2(6)11-12)14-5-10-9-3(7)13-5/h1H3,(H2,7,9). The molecule has 2 N–H and O–H groups in total. The molecule has 2 aromatic rings. The third kappa shape index (κ3) is 2.04. The van der Waals surface area contributed by atoms with Crippen LogP contribution in [0.3, 0.4) is 0 Å². The molecule has 74 valence electrons. The van der Waals surface area contributed by atoms with E-state index in [1.54, 1.807) is 4.68 Å². The first-order valence-corrected chi connectivity index (χ1v) is 5.91. The minimum absolute atomic E-state index is 0.453. The summed E-state index contributed by atoms with van der Waals surface area (Å²) in [5.41, 5.74) is 5.45. The smallest absolute Gasteiger partial charge is 0.218 e. The van der Waals surface area contributed by atoms with E-state index in [0.717, 1.165) is 9.50 Å². The molecule has 0 saturated heterocycles. The molecule has 0 bridgehead atoms. The molecular formula is C5H5BrN6S2. The second kappa shape index (κ2) is 3.83. The summed E-state index contributed by atoms with van der Waals surface area (Å²) in [6.07, 6.45) is 0. The van der Waals surface area contributed by atoms with E-state index in [4.69, 9.17) is 5.73 Å². The van der Waals surface area contributed by atoms with Crippen molar-refractivity contribution >= 4 is 44.2 Å². The number of hydrogen-bond acceptors (Lipinski definition) is 7. The van der Waals surface area contributed by atoms with Gasteiger partial charge in [0.15, 0.2) is 9.50 Å². The Kier molecular flexibility index (Phi) is 2.70. The van der Waals surface area contributed by atoms with Gasteiger partial charge in [0.1, 0.15) is 0 Å². The number of anilines is 1. The highest BCUT2D eigenvalue weighted by molar-refractivity contribution is 9.10. The summed E-state index contributed by atoms with van der Waals surface area (Å²) >= 11 is 5.89. The minimum Gasteiger partial charge on any atom is -0.374 e. The molecule has 0 aromatic carbocycles. The first kappa shape index (κ1) is 9.87. The van der Waals surface area contributed by atoms with Crippen molar-refractivity contribution in [2.24, 2.45) is 7.05 Å². The van der Waals surface area contributed by atoms with Crippen LogP contribution in [-0.2, 0) is 7.05 Å². The second-order valence-corrected chi connectivity index (χ2v) is 5.23. The zero-order chi connectivity index (χ0) is 10.1. The maximum atomic E-state index is 5.45. The number of aryl methyl sites for hydroxylation is 1. The summed E-state index contributed by atoms with van der Waals surface area (Å²) in [5, 5.41) is 12.8. The molecule has 2 rings (SSSR count). The van der Waals surface area contributed by atoms with Gasteiger partial charge < -0.3 is 5.73 Å². The van der Waals surface area contributed by atoms with Crippen LogP contribution in [0, 0.1) is 0 Å². The van der Waals surface area contributed by atoms with Crippen LogP contribution in [0.4, 0.5) is 5.13 Å². The predicted octanol–water partition coefficient (Wildman–Crippen LogP) is 1.16. The summed E-state index contributed by atoms with van der Waals surface area (Å²) in [7, 11) is 1.81. The second-order valence-electron chi connectivity index (χ2n) is 2.30. The van der Waals surface area contributed by atoms with Gasteiger partial charge in [-0.3, -0.25) is 0 Å². The van der Waals surface area contributed by atoms with Gasteiger partial charge >= 0.3 is 0 Å². The molecule has 6 nitrogen and oxygen atoms in total. The van der Waals surface area contributed by atoms with Gasteiger partial charge in [0.2, 0.25) is 9.87 Å². The third-order valence-electron chi connectivity index (χ3n) is 1.30. The van der Waals surface area contributed by atoms with E-state index >= 15 is 0 Å². The topological polar surface area (TPSA) is 82.5 Å². The zero-order valence-electron chi connectivity index (χ0n) is 7.01. The zero-order valence-corrected chi connectivity index (χ0v) is 10.2. The molecule has 0 atom stereocenters. The Morgan fingerprint density at radius 2 is 2.29 bits per heavy atom. The molecular weight excluding hydrogens is 288 g/mol. The molecule has 0 radical (unpaired) electrons. The Morgan fingerprint density at radius 1 is 1.50 bits per heavy atom. The number of nitrogens with two attached hydrogens (primary N) is 1. The summed E-state index contributed by atoms with van der Waals surface area (Å²) in [4.78, 5) is 4.14. The van der Waals surface area contributed by atoms with Gasteiger partial charge in [-0.15, -0.1) is 15.3 Å². The fourth-order valence-corrected chi connectivity index (χ4v) is 2.82.